The van der Waals surface area contributed by atoms with Gasteiger partial charge in [0.15, 0.2) is 0 Å². The van der Waals surface area contributed by atoms with Crippen molar-refractivity contribution < 1.29 is 14.7 Å². The van der Waals surface area contributed by atoms with Crippen LogP contribution in [0.15, 0.2) is 12.3 Å². The largest absolute Gasteiger partial charge is 0.381 e. The van der Waals surface area contributed by atoms with Crippen molar-refractivity contribution >= 4 is 23.4 Å². The summed E-state index contributed by atoms with van der Waals surface area (Å²) in [4.78, 5) is 24.4. The second-order valence-corrected chi connectivity index (χ2v) is 3.30. The molecule has 0 aliphatic rings. The molecule has 7 heteroatoms. The van der Waals surface area contributed by atoms with Gasteiger partial charge in [-0.15, -0.1) is 0 Å². The van der Waals surface area contributed by atoms with Crippen LogP contribution >= 0.6 is 11.6 Å². The van der Waals surface area contributed by atoms with Crippen LogP contribution in [0.5, 0.6) is 0 Å². The van der Waals surface area contributed by atoms with Crippen LogP contribution in [0.25, 0.3) is 0 Å². The Balaban J connectivity index is 2.47. The molecule has 1 heterocycles. The number of aromatic amines is 1. The van der Waals surface area contributed by atoms with Gasteiger partial charge in [0.1, 0.15) is 11.8 Å². The highest BCUT2D eigenvalue weighted by atomic mass is 35.5. The van der Waals surface area contributed by atoms with Crippen LogP contribution in [0.2, 0.25) is 5.02 Å². The van der Waals surface area contributed by atoms with Gasteiger partial charge in [-0.25, -0.2) is 0 Å². The summed E-state index contributed by atoms with van der Waals surface area (Å²) in [6, 6.07) is 1.42. The Hall–Kier alpha value is -1.53. The number of nitrogens with two attached hydrogens (primary N) is 1. The highest BCUT2D eigenvalue weighted by Gasteiger charge is 2.13. The number of nitrogens with one attached hydrogen (secondary N) is 2. The zero-order chi connectivity index (χ0) is 11.4. The number of hydrogen-bond acceptors (Lipinski definition) is 3. The van der Waals surface area contributed by atoms with Crippen molar-refractivity contribution in [3.63, 3.8) is 0 Å². The van der Waals surface area contributed by atoms with Crippen LogP contribution in [-0.2, 0) is 4.79 Å². The van der Waals surface area contributed by atoms with E-state index in [1.165, 1.54) is 12.3 Å². The van der Waals surface area contributed by atoms with Gasteiger partial charge in [0.25, 0.3) is 5.91 Å². The van der Waals surface area contributed by atoms with Crippen LogP contribution in [0, 0.1) is 0 Å². The number of carbonyl (C=O) groups is 2. The van der Waals surface area contributed by atoms with Crippen LogP contribution in [0.3, 0.4) is 0 Å². The zero-order valence-electron chi connectivity index (χ0n) is 7.66. The zero-order valence-corrected chi connectivity index (χ0v) is 8.41. The molecule has 0 saturated carbocycles. The van der Waals surface area contributed by atoms with E-state index in [0.717, 1.165) is 0 Å². The van der Waals surface area contributed by atoms with E-state index in [1.54, 1.807) is 0 Å². The summed E-state index contributed by atoms with van der Waals surface area (Å²) in [7, 11) is 0. The number of hydrogen-bond donors (Lipinski definition) is 4. The van der Waals surface area contributed by atoms with E-state index in [0.29, 0.717) is 5.02 Å². The molecule has 0 bridgehead atoms. The molecule has 0 aromatic carbocycles. The SMILES string of the molecule is NC(=O)C(O)CNC(=O)c1cc(Cl)c[nH]1. The summed E-state index contributed by atoms with van der Waals surface area (Å²) in [5, 5.41) is 11.7. The van der Waals surface area contributed by atoms with Gasteiger partial charge in [0, 0.05) is 6.20 Å². The lowest BCUT2D eigenvalue weighted by Gasteiger charge is -2.07. The summed E-state index contributed by atoms with van der Waals surface area (Å²) in [5.74, 6) is -1.36. The lowest BCUT2D eigenvalue weighted by molar-refractivity contribution is -0.125. The minimum Gasteiger partial charge on any atom is -0.381 e. The van der Waals surface area contributed by atoms with Crippen molar-refractivity contribution in [2.45, 2.75) is 6.10 Å². The smallest absolute Gasteiger partial charge is 0.267 e. The Morgan fingerprint density at radius 3 is 2.80 bits per heavy atom. The minimum absolute atomic E-state index is 0.231. The Morgan fingerprint density at radius 2 is 2.33 bits per heavy atom. The standard InChI is InChI=1S/C8H10ClN3O3/c9-4-1-5(11-2-4)8(15)12-3-6(13)7(10)14/h1-2,6,11,13H,3H2,(H2,10,14)(H,12,15). The van der Waals surface area contributed by atoms with Crippen molar-refractivity contribution in [3.8, 4) is 0 Å². The molecule has 0 radical (unpaired) electrons. The maximum absolute atomic E-state index is 11.3. The summed E-state index contributed by atoms with van der Waals surface area (Å²) in [6.45, 7) is -0.231. The van der Waals surface area contributed by atoms with Crippen molar-refractivity contribution in [2.75, 3.05) is 6.54 Å². The number of aliphatic hydroxyl groups excluding tert-OH is 1. The maximum atomic E-state index is 11.3. The third-order valence-electron chi connectivity index (χ3n) is 1.68. The third kappa shape index (κ3) is 3.26. The first kappa shape index (κ1) is 11.5. The molecular formula is C8H10ClN3O3. The molecule has 82 valence electrons. The first-order chi connectivity index (χ1) is 7.00. The Labute approximate surface area is 90.4 Å². The van der Waals surface area contributed by atoms with Gasteiger partial charge in [0.2, 0.25) is 5.91 Å². The monoisotopic (exact) mass is 231 g/mol. The average molecular weight is 232 g/mol. The molecule has 1 atom stereocenters. The number of carbonyl (C=O) groups excluding carboxylic acids is 2. The summed E-state index contributed by atoms with van der Waals surface area (Å²) >= 11 is 5.58. The highest BCUT2D eigenvalue weighted by Crippen LogP contribution is 2.08. The molecular weight excluding hydrogens is 222 g/mol. The minimum atomic E-state index is -1.39. The fourth-order valence-electron chi connectivity index (χ4n) is 0.884. The molecule has 1 aromatic heterocycles. The second-order valence-electron chi connectivity index (χ2n) is 2.86. The molecule has 0 aliphatic heterocycles. The van der Waals surface area contributed by atoms with Crippen LogP contribution < -0.4 is 11.1 Å². The molecule has 0 saturated heterocycles. The van der Waals surface area contributed by atoms with E-state index in [2.05, 4.69) is 10.3 Å². The van der Waals surface area contributed by atoms with E-state index >= 15 is 0 Å². The predicted molar refractivity (Wildman–Crippen MR) is 53.3 cm³/mol. The van der Waals surface area contributed by atoms with E-state index in [-0.39, 0.29) is 12.2 Å². The number of aliphatic hydroxyl groups is 1. The fraction of sp³-hybridized carbons (Fsp3) is 0.250. The molecule has 6 nitrogen and oxygen atoms in total. The molecule has 0 spiro atoms. The summed E-state index contributed by atoms with van der Waals surface area (Å²) < 4.78 is 0. The van der Waals surface area contributed by atoms with Crippen LogP contribution in [-0.4, -0.2) is 34.6 Å². The second kappa shape index (κ2) is 4.81. The van der Waals surface area contributed by atoms with Gasteiger partial charge in [-0.3, -0.25) is 9.59 Å². The Kier molecular flexibility index (Phi) is 3.70. The van der Waals surface area contributed by atoms with E-state index in [4.69, 9.17) is 22.4 Å². The van der Waals surface area contributed by atoms with Gasteiger partial charge in [-0.1, -0.05) is 11.6 Å². The summed E-state index contributed by atoms with van der Waals surface area (Å²) in [5.41, 5.74) is 5.04. The van der Waals surface area contributed by atoms with E-state index < -0.39 is 17.9 Å². The molecule has 5 N–H and O–H groups in total. The highest BCUT2D eigenvalue weighted by molar-refractivity contribution is 6.30. The summed E-state index contributed by atoms with van der Waals surface area (Å²) in [6.07, 6.45) is 0.0560. The topological polar surface area (TPSA) is 108 Å². The number of halogens is 1. The van der Waals surface area contributed by atoms with E-state index in [1.807, 2.05) is 0 Å². The number of rotatable bonds is 4. The quantitative estimate of drug-likeness (QED) is 0.547. The molecule has 1 unspecified atom stereocenters. The Morgan fingerprint density at radius 1 is 1.67 bits per heavy atom. The van der Waals surface area contributed by atoms with E-state index in [9.17, 15) is 9.59 Å². The fourth-order valence-corrected chi connectivity index (χ4v) is 1.05. The van der Waals surface area contributed by atoms with Crippen molar-refractivity contribution in [2.24, 2.45) is 5.73 Å². The van der Waals surface area contributed by atoms with Gasteiger partial charge >= 0.3 is 0 Å². The molecule has 0 aliphatic carbocycles. The van der Waals surface area contributed by atoms with Crippen LogP contribution in [0.1, 0.15) is 10.5 Å². The molecule has 0 fully saturated rings. The van der Waals surface area contributed by atoms with Crippen LogP contribution in [0.4, 0.5) is 0 Å². The Bertz CT molecular complexity index is 377. The number of aromatic nitrogens is 1. The van der Waals surface area contributed by atoms with Crippen molar-refractivity contribution in [1.82, 2.24) is 10.3 Å². The number of amides is 2. The van der Waals surface area contributed by atoms with Gasteiger partial charge in [-0.2, -0.15) is 0 Å². The molecule has 2 amide bonds. The first-order valence-corrected chi connectivity index (χ1v) is 4.48. The van der Waals surface area contributed by atoms with Gasteiger partial charge < -0.3 is 21.1 Å². The number of primary amides is 1. The van der Waals surface area contributed by atoms with Gasteiger partial charge in [0.05, 0.1) is 11.6 Å². The maximum Gasteiger partial charge on any atom is 0.267 e. The normalized spacial score (nSPS) is 12.1. The molecule has 1 rings (SSSR count). The third-order valence-corrected chi connectivity index (χ3v) is 1.90. The van der Waals surface area contributed by atoms with Crippen molar-refractivity contribution in [3.05, 3.63) is 23.0 Å². The number of H-pyrrole nitrogens is 1. The first-order valence-electron chi connectivity index (χ1n) is 4.10. The van der Waals surface area contributed by atoms with Gasteiger partial charge in [-0.05, 0) is 6.07 Å². The lowest BCUT2D eigenvalue weighted by Crippen LogP contribution is -2.40. The predicted octanol–water partition coefficient (Wildman–Crippen LogP) is -0.756. The average Bonchev–Trinajstić information content (AvgIpc) is 2.60. The molecule has 1 aromatic rings. The van der Waals surface area contributed by atoms with Crippen molar-refractivity contribution in [1.29, 1.82) is 0 Å². The molecule has 15 heavy (non-hydrogen) atoms. The lowest BCUT2D eigenvalue weighted by atomic mass is 10.3.